The number of rotatable bonds is 6. The first kappa shape index (κ1) is 22.1. The van der Waals surface area contributed by atoms with Crippen LogP contribution in [0, 0.1) is 23.7 Å². The molecule has 0 amide bonds. The van der Waals surface area contributed by atoms with E-state index in [-0.39, 0.29) is 35.5 Å². The summed E-state index contributed by atoms with van der Waals surface area (Å²) in [5.41, 5.74) is -0.860. The average molecular weight is 346 g/mol. The van der Waals surface area contributed by atoms with E-state index in [1.807, 2.05) is 6.92 Å². The smallest absolute Gasteiger partial charge is 0.281 e. The van der Waals surface area contributed by atoms with Gasteiger partial charge in [-0.2, -0.15) is 0 Å². The van der Waals surface area contributed by atoms with Gasteiger partial charge in [0.05, 0.1) is 0 Å². The molecule has 1 saturated carbocycles. The van der Waals surface area contributed by atoms with Crippen LogP contribution in [0.2, 0.25) is 0 Å². The van der Waals surface area contributed by atoms with Crippen molar-refractivity contribution in [2.24, 2.45) is 16.7 Å². The van der Waals surface area contributed by atoms with E-state index in [2.05, 4.69) is 41.5 Å². The van der Waals surface area contributed by atoms with E-state index in [1.54, 1.807) is 0 Å². The summed E-state index contributed by atoms with van der Waals surface area (Å²) in [5, 5.41) is 0. The maximum absolute atomic E-state index is 12.7. The number of carbonyl (C=O) groups is 1. The Bertz CT molecular complexity index is 345. The topological polar surface area (TPSA) is 26.3 Å². The standard InChI is InChI=1S/C19H35O2.V/c1-8-19(9-2,15-12-10-11-13-15)21-16(20)18(6,7)14-17(3,4)5;/h15H,6,8-14H2,1-5,7H3;/q-1;. The summed E-state index contributed by atoms with van der Waals surface area (Å²) in [6, 6.07) is 0. The second-order valence-electron chi connectivity index (χ2n) is 8.44. The number of esters is 1. The van der Waals surface area contributed by atoms with Gasteiger partial charge in [0.2, 0.25) is 0 Å². The molecule has 0 aromatic heterocycles. The summed E-state index contributed by atoms with van der Waals surface area (Å²) in [5.74, 6) is 0.412. The first-order chi connectivity index (χ1) is 9.56. The molecule has 0 aliphatic heterocycles. The van der Waals surface area contributed by atoms with Crippen molar-refractivity contribution in [2.45, 2.75) is 92.1 Å². The van der Waals surface area contributed by atoms with Crippen LogP contribution >= 0.6 is 0 Å². The van der Waals surface area contributed by atoms with Gasteiger partial charge in [-0.05, 0) is 37.0 Å². The Morgan fingerprint density at radius 3 is 1.91 bits per heavy atom. The van der Waals surface area contributed by atoms with Crippen LogP contribution < -0.4 is 0 Å². The number of carbonyl (C=O) groups excluding carboxylic acids is 1. The quantitative estimate of drug-likeness (QED) is 0.465. The molecule has 0 bridgehead atoms. The maximum Gasteiger partial charge on any atom is 0.281 e. The van der Waals surface area contributed by atoms with Crippen molar-refractivity contribution in [3.05, 3.63) is 6.92 Å². The van der Waals surface area contributed by atoms with E-state index in [0.29, 0.717) is 5.92 Å². The van der Waals surface area contributed by atoms with Crippen molar-refractivity contribution in [1.29, 1.82) is 0 Å². The Hall–Kier alpha value is 0.0544. The molecule has 22 heavy (non-hydrogen) atoms. The fourth-order valence-electron chi connectivity index (χ4n) is 4.06. The molecule has 1 atom stereocenters. The van der Waals surface area contributed by atoms with Crippen molar-refractivity contribution >= 4 is 5.97 Å². The molecule has 2 nitrogen and oxygen atoms in total. The molecule has 1 aliphatic carbocycles. The van der Waals surface area contributed by atoms with Crippen LogP contribution in [0.4, 0.5) is 0 Å². The molecule has 0 heterocycles. The van der Waals surface area contributed by atoms with Crippen LogP contribution in [-0.4, -0.2) is 11.6 Å². The van der Waals surface area contributed by atoms with Crippen molar-refractivity contribution in [2.75, 3.05) is 0 Å². The van der Waals surface area contributed by atoms with E-state index in [0.717, 1.165) is 19.3 Å². The van der Waals surface area contributed by atoms with Crippen LogP contribution in [0.15, 0.2) is 0 Å². The molecule has 1 unspecified atom stereocenters. The van der Waals surface area contributed by atoms with E-state index in [9.17, 15) is 4.79 Å². The van der Waals surface area contributed by atoms with Crippen LogP contribution in [0.25, 0.3) is 0 Å². The molecule has 1 rings (SSSR count). The van der Waals surface area contributed by atoms with Gasteiger partial charge >= 0.3 is 0 Å². The Kier molecular flexibility index (Phi) is 8.26. The van der Waals surface area contributed by atoms with Gasteiger partial charge in [-0.15, -0.1) is 0 Å². The molecule has 3 heteroatoms. The predicted octanol–water partition coefficient (Wildman–Crippen LogP) is 5.55. The monoisotopic (exact) mass is 346 g/mol. The maximum atomic E-state index is 12.7. The number of hydrogen-bond acceptors (Lipinski definition) is 2. The Balaban J connectivity index is 0.00000441. The fourth-order valence-corrected chi connectivity index (χ4v) is 4.06. The zero-order chi connectivity index (χ0) is 16.3. The van der Waals surface area contributed by atoms with E-state index in [1.165, 1.54) is 25.7 Å². The molecule has 129 valence electrons. The minimum Gasteiger partial charge on any atom is -0.460 e. The third kappa shape index (κ3) is 5.60. The van der Waals surface area contributed by atoms with Gasteiger partial charge in [-0.3, -0.25) is 4.79 Å². The normalized spacial score (nSPS) is 19.4. The van der Waals surface area contributed by atoms with E-state index < -0.39 is 5.41 Å². The fraction of sp³-hybridized carbons (Fsp3) is 0.895. The summed E-state index contributed by atoms with van der Waals surface area (Å²) < 4.78 is 6.13. The third-order valence-corrected chi connectivity index (χ3v) is 5.01. The molecule has 0 aromatic carbocycles. The zero-order valence-electron chi connectivity index (χ0n) is 15.5. The van der Waals surface area contributed by atoms with Crippen molar-refractivity contribution in [3.8, 4) is 0 Å². The minimum absolute atomic E-state index is 0. The third-order valence-electron chi connectivity index (χ3n) is 5.01. The van der Waals surface area contributed by atoms with Crippen LogP contribution in [0.3, 0.4) is 0 Å². The van der Waals surface area contributed by atoms with Gasteiger partial charge < -0.3 is 11.7 Å². The van der Waals surface area contributed by atoms with Crippen LogP contribution in [0.1, 0.15) is 86.5 Å². The molecular weight excluding hydrogens is 311 g/mol. The Labute approximate surface area is 150 Å². The molecule has 1 radical (unpaired) electrons. The SMILES string of the molecule is [CH2-]C(C)(CC(C)(C)C)C(=O)OC(CC)(CC)C1CCCC1.[V]. The first-order valence-corrected chi connectivity index (χ1v) is 8.65. The second-order valence-corrected chi connectivity index (χ2v) is 8.44. The summed E-state index contributed by atoms with van der Waals surface area (Å²) in [6.45, 7) is 16.8. The second kappa shape index (κ2) is 8.24. The Morgan fingerprint density at radius 2 is 1.55 bits per heavy atom. The van der Waals surface area contributed by atoms with Gasteiger partial charge in [-0.25, -0.2) is 0 Å². The molecule has 0 aromatic rings. The summed E-state index contributed by atoms with van der Waals surface area (Å²) >= 11 is 0. The van der Waals surface area contributed by atoms with Crippen molar-refractivity contribution in [3.63, 3.8) is 0 Å². The molecule has 1 fully saturated rings. The molecule has 0 saturated heterocycles. The van der Waals surface area contributed by atoms with Gasteiger partial charge in [-0.1, -0.05) is 66.2 Å². The van der Waals surface area contributed by atoms with Gasteiger partial charge in [0.1, 0.15) is 5.60 Å². The minimum atomic E-state index is -0.660. The summed E-state index contributed by atoms with van der Waals surface area (Å²) in [7, 11) is 0. The Morgan fingerprint density at radius 1 is 1.09 bits per heavy atom. The van der Waals surface area contributed by atoms with E-state index >= 15 is 0 Å². The number of hydrogen-bond donors (Lipinski definition) is 0. The van der Waals surface area contributed by atoms with Crippen molar-refractivity contribution < 1.29 is 28.1 Å². The summed E-state index contributed by atoms with van der Waals surface area (Å²) in [4.78, 5) is 12.7. The molecule has 1 aliphatic rings. The largest absolute Gasteiger partial charge is 0.460 e. The first-order valence-electron chi connectivity index (χ1n) is 8.65. The van der Waals surface area contributed by atoms with Gasteiger partial charge in [0.25, 0.3) is 5.97 Å². The van der Waals surface area contributed by atoms with Crippen LogP contribution in [0.5, 0.6) is 0 Å². The summed E-state index contributed by atoms with van der Waals surface area (Å²) in [6.07, 6.45) is 7.50. The molecule has 0 spiro atoms. The van der Waals surface area contributed by atoms with Crippen molar-refractivity contribution in [1.82, 2.24) is 0 Å². The predicted molar refractivity (Wildman–Crippen MR) is 88.9 cm³/mol. The van der Waals surface area contributed by atoms with E-state index in [4.69, 9.17) is 4.74 Å². The van der Waals surface area contributed by atoms with Gasteiger partial charge in [0.15, 0.2) is 0 Å². The average Bonchev–Trinajstić information content (AvgIpc) is 2.87. The van der Waals surface area contributed by atoms with Gasteiger partial charge in [0, 0.05) is 18.6 Å². The molecule has 0 N–H and O–H groups in total. The number of ether oxygens (including phenoxy) is 1. The van der Waals surface area contributed by atoms with Crippen LogP contribution in [-0.2, 0) is 28.1 Å². The zero-order valence-corrected chi connectivity index (χ0v) is 16.9. The molecular formula is C19H35O2V-.